The fourth-order valence-corrected chi connectivity index (χ4v) is 3.00. The van der Waals surface area contributed by atoms with E-state index in [4.69, 9.17) is 5.73 Å². The summed E-state index contributed by atoms with van der Waals surface area (Å²) >= 11 is 1.35. The van der Waals surface area contributed by atoms with Gasteiger partial charge in [-0.3, -0.25) is 4.79 Å². The molecule has 0 bridgehead atoms. The fraction of sp³-hybridized carbons (Fsp3) is 0.467. The molecule has 0 radical (unpaired) electrons. The van der Waals surface area contributed by atoms with E-state index in [1.807, 2.05) is 26.1 Å². The second kappa shape index (κ2) is 6.41. The van der Waals surface area contributed by atoms with Crippen molar-refractivity contribution in [2.24, 2.45) is 0 Å². The molecule has 0 saturated heterocycles. The zero-order chi connectivity index (χ0) is 15.6. The largest absolute Gasteiger partial charge is 0.397 e. The molecule has 0 saturated carbocycles. The minimum Gasteiger partial charge on any atom is -0.397 e. The van der Waals surface area contributed by atoms with E-state index in [0.29, 0.717) is 23.2 Å². The van der Waals surface area contributed by atoms with Crippen molar-refractivity contribution in [3.8, 4) is 0 Å². The second-order valence-corrected chi connectivity index (χ2v) is 6.48. The summed E-state index contributed by atoms with van der Waals surface area (Å²) in [5, 5.41) is 3.78. The highest BCUT2D eigenvalue weighted by atomic mass is 32.1. The molecule has 3 N–H and O–H groups in total. The summed E-state index contributed by atoms with van der Waals surface area (Å²) in [7, 11) is 2.04. The minimum atomic E-state index is -0.120. The van der Waals surface area contributed by atoms with Gasteiger partial charge in [-0.05, 0) is 40.0 Å². The van der Waals surface area contributed by atoms with Crippen molar-refractivity contribution in [3.05, 3.63) is 22.7 Å². The molecule has 0 unspecified atom stereocenters. The number of anilines is 1. The topological polar surface area (TPSA) is 71.2 Å². The third kappa shape index (κ3) is 3.51. The molecule has 1 amide bonds. The number of rotatable bonds is 5. The average Bonchev–Trinajstić information content (AvgIpc) is 2.75. The van der Waals surface area contributed by atoms with Gasteiger partial charge in [0.2, 0.25) is 0 Å². The fourth-order valence-electron chi connectivity index (χ4n) is 1.94. The van der Waals surface area contributed by atoms with Gasteiger partial charge in [-0.25, -0.2) is 4.98 Å². The lowest BCUT2D eigenvalue weighted by Crippen LogP contribution is -2.36. The Morgan fingerprint density at radius 1 is 1.48 bits per heavy atom. The predicted octanol–water partition coefficient (Wildman–Crippen LogP) is 2.26. The molecule has 6 heteroatoms. The smallest absolute Gasteiger partial charge is 0.263 e. The van der Waals surface area contributed by atoms with Gasteiger partial charge < -0.3 is 16.0 Å². The quantitative estimate of drug-likeness (QED) is 0.889. The molecular weight excluding hydrogens is 284 g/mol. The van der Waals surface area contributed by atoms with Crippen molar-refractivity contribution in [1.82, 2.24) is 15.2 Å². The van der Waals surface area contributed by atoms with Crippen molar-refractivity contribution in [1.29, 1.82) is 0 Å². The first-order valence-electron chi connectivity index (χ1n) is 7.04. The molecule has 2 rings (SSSR count). The number of nitrogens with two attached hydrogens (primary N) is 1. The van der Waals surface area contributed by atoms with Crippen LogP contribution in [-0.2, 0) is 0 Å². The van der Waals surface area contributed by atoms with Gasteiger partial charge in [0.25, 0.3) is 5.91 Å². The monoisotopic (exact) mass is 306 g/mol. The van der Waals surface area contributed by atoms with Crippen LogP contribution in [0.5, 0.6) is 0 Å². The van der Waals surface area contributed by atoms with Crippen molar-refractivity contribution < 1.29 is 4.79 Å². The number of amides is 1. The first kappa shape index (κ1) is 15.7. The highest BCUT2D eigenvalue weighted by molar-refractivity contribution is 7.21. The van der Waals surface area contributed by atoms with Crippen LogP contribution in [0, 0.1) is 6.92 Å². The normalized spacial score (nSPS) is 11.5. The molecule has 21 heavy (non-hydrogen) atoms. The van der Waals surface area contributed by atoms with Crippen molar-refractivity contribution in [2.75, 3.05) is 25.9 Å². The molecule has 0 spiro atoms. The zero-order valence-electron chi connectivity index (χ0n) is 12.9. The molecule has 2 aromatic heterocycles. The van der Waals surface area contributed by atoms with Crippen LogP contribution in [0.25, 0.3) is 10.2 Å². The van der Waals surface area contributed by atoms with Gasteiger partial charge in [0, 0.05) is 30.2 Å². The molecule has 0 fully saturated rings. The van der Waals surface area contributed by atoms with Crippen LogP contribution in [0.2, 0.25) is 0 Å². The number of nitrogens with one attached hydrogen (secondary N) is 1. The summed E-state index contributed by atoms with van der Waals surface area (Å²) in [5.41, 5.74) is 7.52. The van der Waals surface area contributed by atoms with Gasteiger partial charge in [-0.15, -0.1) is 11.3 Å². The molecular formula is C15H22N4OS. The Morgan fingerprint density at radius 3 is 2.86 bits per heavy atom. The Bertz CT molecular complexity index is 650. The van der Waals surface area contributed by atoms with Gasteiger partial charge >= 0.3 is 0 Å². The second-order valence-electron chi connectivity index (χ2n) is 5.48. The third-order valence-corrected chi connectivity index (χ3v) is 4.68. The highest BCUT2D eigenvalue weighted by Crippen LogP contribution is 2.32. The molecule has 5 nitrogen and oxygen atoms in total. The number of aromatic nitrogens is 1. The summed E-state index contributed by atoms with van der Waals surface area (Å²) in [4.78, 5) is 20.2. The Balaban J connectivity index is 2.07. The summed E-state index contributed by atoms with van der Waals surface area (Å²) in [6.07, 6.45) is 0. The number of aryl methyl sites for hydroxylation is 1. The lowest BCUT2D eigenvalue weighted by molar-refractivity contribution is 0.0953. The van der Waals surface area contributed by atoms with Gasteiger partial charge in [-0.1, -0.05) is 0 Å². The molecule has 0 aliphatic heterocycles. The number of nitrogens with zero attached hydrogens (tertiary/aromatic N) is 2. The molecule has 0 aliphatic carbocycles. The summed E-state index contributed by atoms with van der Waals surface area (Å²) in [6, 6.07) is 4.29. The number of likely N-dealkylation sites (N-methyl/N-ethyl adjacent to an activating group) is 1. The molecule has 0 aromatic carbocycles. The Labute approximate surface area is 129 Å². The van der Waals surface area contributed by atoms with Crippen LogP contribution in [0.15, 0.2) is 12.1 Å². The maximum atomic E-state index is 12.2. The number of carbonyl (C=O) groups excluding carboxylic acids is 1. The third-order valence-electron chi connectivity index (χ3n) is 3.57. The predicted molar refractivity (Wildman–Crippen MR) is 88.9 cm³/mol. The van der Waals surface area contributed by atoms with E-state index >= 15 is 0 Å². The summed E-state index contributed by atoms with van der Waals surface area (Å²) < 4.78 is 0. The van der Waals surface area contributed by atoms with Crippen LogP contribution in [0.1, 0.15) is 29.2 Å². The Hall–Kier alpha value is -1.66. The van der Waals surface area contributed by atoms with Crippen molar-refractivity contribution >= 4 is 33.1 Å². The van der Waals surface area contributed by atoms with Crippen LogP contribution in [0.3, 0.4) is 0 Å². The minimum absolute atomic E-state index is 0.120. The lowest BCUT2D eigenvalue weighted by atomic mass is 10.2. The maximum absolute atomic E-state index is 12.2. The van der Waals surface area contributed by atoms with Crippen LogP contribution in [0.4, 0.5) is 5.69 Å². The number of hydrogen-bond donors (Lipinski definition) is 2. The molecule has 0 aliphatic rings. The van der Waals surface area contributed by atoms with E-state index in [0.717, 1.165) is 22.5 Å². The number of hydrogen-bond acceptors (Lipinski definition) is 5. The maximum Gasteiger partial charge on any atom is 0.263 e. The molecule has 2 heterocycles. The van der Waals surface area contributed by atoms with E-state index in [1.165, 1.54) is 11.3 Å². The van der Waals surface area contributed by atoms with Gasteiger partial charge in [-0.2, -0.15) is 0 Å². The standard InChI is InChI=1S/C15H22N4OS/c1-9(2)19(4)8-7-17-14(20)13-12(16)11-6-5-10(3)18-15(11)21-13/h5-6,9H,7-8,16H2,1-4H3,(H,17,20). The van der Waals surface area contributed by atoms with E-state index in [-0.39, 0.29) is 5.91 Å². The Kier molecular flexibility index (Phi) is 4.80. The summed E-state index contributed by atoms with van der Waals surface area (Å²) in [5.74, 6) is -0.120. The molecule has 0 atom stereocenters. The number of pyridine rings is 1. The first-order valence-corrected chi connectivity index (χ1v) is 7.86. The van der Waals surface area contributed by atoms with Crippen LogP contribution < -0.4 is 11.1 Å². The number of thiophene rings is 1. The highest BCUT2D eigenvalue weighted by Gasteiger charge is 2.17. The zero-order valence-corrected chi connectivity index (χ0v) is 13.8. The molecule has 2 aromatic rings. The van der Waals surface area contributed by atoms with E-state index in [9.17, 15) is 4.79 Å². The SMILES string of the molecule is Cc1ccc2c(N)c(C(=O)NCCN(C)C(C)C)sc2n1. The van der Waals surface area contributed by atoms with Gasteiger partial charge in [0.05, 0.1) is 5.69 Å². The van der Waals surface area contributed by atoms with Crippen LogP contribution in [-0.4, -0.2) is 42.0 Å². The van der Waals surface area contributed by atoms with E-state index in [1.54, 1.807) is 0 Å². The lowest BCUT2D eigenvalue weighted by Gasteiger charge is -2.20. The number of fused-ring (bicyclic) bond motifs is 1. The van der Waals surface area contributed by atoms with E-state index in [2.05, 4.69) is 29.0 Å². The van der Waals surface area contributed by atoms with Crippen LogP contribution >= 0.6 is 11.3 Å². The molecule has 114 valence electrons. The van der Waals surface area contributed by atoms with E-state index < -0.39 is 0 Å². The number of carbonyl (C=O) groups is 1. The summed E-state index contributed by atoms with van der Waals surface area (Å²) in [6.45, 7) is 7.59. The average molecular weight is 306 g/mol. The van der Waals surface area contributed by atoms with Gasteiger partial charge in [0.1, 0.15) is 9.71 Å². The van der Waals surface area contributed by atoms with Crippen molar-refractivity contribution in [2.45, 2.75) is 26.8 Å². The van der Waals surface area contributed by atoms with Crippen molar-refractivity contribution in [3.63, 3.8) is 0 Å². The Morgan fingerprint density at radius 2 is 2.19 bits per heavy atom. The number of nitrogen functional groups attached to an aromatic ring is 1. The first-order chi connectivity index (χ1) is 9.90. The van der Waals surface area contributed by atoms with Gasteiger partial charge in [0.15, 0.2) is 0 Å².